The summed E-state index contributed by atoms with van der Waals surface area (Å²) in [5.74, 6) is 3.19. The molecule has 2 aromatic carbocycles. The Labute approximate surface area is 224 Å². The number of benzene rings is 2. The van der Waals surface area contributed by atoms with E-state index in [0.29, 0.717) is 0 Å². The summed E-state index contributed by atoms with van der Waals surface area (Å²) in [6.45, 7) is 0.812. The van der Waals surface area contributed by atoms with Gasteiger partial charge < -0.3 is 9.47 Å². The van der Waals surface area contributed by atoms with Gasteiger partial charge in [-0.05, 0) is 116 Å². The quantitative estimate of drug-likeness (QED) is 0.214. The Kier molecular flexibility index (Phi) is 6.19. The van der Waals surface area contributed by atoms with Crippen LogP contribution in [0.4, 0.5) is 0 Å². The molecule has 4 bridgehead atoms. The van der Waals surface area contributed by atoms with Crippen LogP contribution in [0.2, 0.25) is 0 Å². The summed E-state index contributed by atoms with van der Waals surface area (Å²) in [6.07, 6.45) is 15.4. The Hall–Kier alpha value is -3.18. The molecule has 1 aliphatic heterocycles. The first-order valence-electron chi connectivity index (χ1n) is 14.3. The molecule has 0 amide bonds. The van der Waals surface area contributed by atoms with Gasteiger partial charge in [0.1, 0.15) is 0 Å². The third kappa shape index (κ3) is 4.41. The van der Waals surface area contributed by atoms with Gasteiger partial charge in [-0.1, -0.05) is 35.9 Å². The van der Waals surface area contributed by atoms with Crippen LogP contribution in [0.3, 0.4) is 0 Å². The number of methoxy groups -OCH3 is 1. The van der Waals surface area contributed by atoms with E-state index in [1.54, 1.807) is 17.2 Å². The number of aromatic nitrogens is 2. The van der Waals surface area contributed by atoms with Crippen LogP contribution in [0, 0.1) is 23.7 Å². The average molecular weight is 509 g/mol. The molecule has 1 unspecified atom stereocenters. The number of hydrogen-bond donors (Lipinski definition) is 0. The summed E-state index contributed by atoms with van der Waals surface area (Å²) < 4.78 is 13.3. The Morgan fingerprint density at radius 3 is 2.50 bits per heavy atom. The van der Waals surface area contributed by atoms with E-state index < -0.39 is 0 Å². The van der Waals surface area contributed by atoms with Gasteiger partial charge in [-0.15, -0.1) is 0 Å². The maximum absolute atomic E-state index is 11.3. The van der Waals surface area contributed by atoms with Gasteiger partial charge in [0.15, 0.2) is 6.23 Å². The lowest BCUT2D eigenvalue weighted by atomic mass is 9.53. The second-order valence-electron chi connectivity index (χ2n) is 11.9. The predicted molar refractivity (Wildman–Crippen MR) is 148 cm³/mol. The zero-order valence-electron chi connectivity index (χ0n) is 22.1. The number of fused-ring (bicyclic) bond motifs is 1. The van der Waals surface area contributed by atoms with E-state index in [0.717, 1.165) is 60.6 Å². The Bertz CT molecular complexity index is 1380. The number of nitrogens with zero attached hydrogens (tertiary/aromatic N) is 2. The van der Waals surface area contributed by atoms with Gasteiger partial charge >= 0.3 is 5.97 Å². The number of hydrogen-bond acceptors (Lipinski definition) is 4. The molecule has 8 rings (SSSR count). The molecule has 0 radical (unpaired) electrons. The molecular weight excluding hydrogens is 472 g/mol. The molecule has 1 aromatic heterocycles. The largest absolute Gasteiger partial charge is 0.466 e. The van der Waals surface area contributed by atoms with Crippen LogP contribution >= 0.6 is 0 Å². The van der Waals surface area contributed by atoms with Crippen molar-refractivity contribution in [3.63, 3.8) is 0 Å². The van der Waals surface area contributed by atoms with Crippen LogP contribution in [0.1, 0.15) is 67.9 Å². The van der Waals surface area contributed by atoms with Crippen LogP contribution in [0.15, 0.2) is 65.9 Å². The smallest absolute Gasteiger partial charge is 0.330 e. The van der Waals surface area contributed by atoms with Gasteiger partial charge in [0.2, 0.25) is 0 Å². The standard InChI is InChI=1S/C33H36N2O3/c1-37-31(36)11-9-21-4-6-22(7-5-21)13-23-8-10-30-28(15-23)20-34-35(30)33-29(3-2-12-38-33)32-26-16-24-14-25(18-26)19-27(32)17-24/h4-11,15,20,24-27,33H,2-3,12-14,16-19H2,1H3/b11-9+,32-29?. The van der Waals surface area contributed by atoms with Crippen molar-refractivity contribution < 1.29 is 14.3 Å². The molecule has 4 saturated carbocycles. The molecule has 4 aliphatic carbocycles. The minimum atomic E-state index is -0.345. The van der Waals surface area contributed by atoms with Crippen molar-refractivity contribution in [2.75, 3.05) is 13.7 Å². The molecule has 5 fully saturated rings. The number of allylic oxidation sites excluding steroid dienone is 1. The highest BCUT2D eigenvalue weighted by molar-refractivity contribution is 5.86. The summed E-state index contributed by atoms with van der Waals surface area (Å²) in [7, 11) is 1.39. The van der Waals surface area contributed by atoms with Crippen molar-refractivity contribution >= 4 is 22.9 Å². The van der Waals surface area contributed by atoms with Crippen molar-refractivity contribution in [3.8, 4) is 0 Å². The van der Waals surface area contributed by atoms with E-state index in [-0.39, 0.29) is 12.2 Å². The van der Waals surface area contributed by atoms with Gasteiger partial charge in [-0.2, -0.15) is 5.10 Å². The first-order valence-corrected chi connectivity index (χ1v) is 14.3. The van der Waals surface area contributed by atoms with E-state index in [1.807, 2.05) is 18.3 Å². The molecule has 3 aromatic rings. The van der Waals surface area contributed by atoms with Crippen LogP contribution < -0.4 is 0 Å². The van der Waals surface area contributed by atoms with Crippen molar-refractivity contribution in [2.24, 2.45) is 23.7 Å². The number of esters is 1. The van der Waals surface area contributed by atoms with Gasteiger partial charge in [0, 0.05) is 18.1 Å². The highest BCUT2D eigenvalue weighted by Crippen LogP contribution is 2.58. The lowest BCUT2D eigenvalue weighted by Crippen LogP contribution is -2.42. The first kappa shape index (κ1) is 23.9. The van der Waals surface area contributed by atoms with Gasteiger partial charge in [-0.3, -0.25) is 0 Å². The maximum atomic E-state index is 11.3. The van der Waals surface area contributed by atoms with Crippen LogP contribution in [0.25, 0.3) is 17.0 Å². The van der Waals surface area contributed by atoms with Crippen molar-refractivity contribution in [1.82, 2.24) is 9.78 Å². The fourth-order valence-electron chi connectivity index (χ4n) is 8.02. The molecule has 1 saturated heterocycles. The summed E-state index contributed by atoms with van der Waals surface area (Å²) in [5.41, 5.74) is 7.96. The summed E-state index contributed by atoms with van der Waals surface area (Å²) in [5, 5.41) is 6.07. The predicted octanol–water partition coefficient (Wildman–Crippen LogP) is 6.88. The Morgan fingerprint density at radius 1 is 1.03 bits per heavy atom. The molecule has 2 heterocycles. The third-order valence-corrected chi connectivity index (χ3v) is 9.44. The SMILES string of the molecule is COC(=O)/C=C/c1ccc(Cc2ccc3c(cnn3C3OCCCC3=C3C4CC5CC(C4)CC3C5)c2)cc1. The van der Waals surface area contributed by atoms with E-state index in [4.69, 9.17) is 9.84 Å². The van der Waals surface area contributed by atoms with Crippen LogP contribution in [-0.2, 0) is 20.7 Å². The normalized spacial score (nSPS) is 28.5. The zero-order valence-corrected chi connectivity index (χ0v) is 22.1. The van der Waals surface area contributed by atoms with E-state index in [1.165, 1.54) is 61.8 Å². The zero-order chi connectivity index (χ0) is 25.6. The van der Waals surface area contributed by atoms with Crippen molar-refractivity contribution in [1.29, 1.82) is 0 Å². The first-order chi connectivity index (χ1) is 18.6. The second kappa shape index (κ2) is 9.85. The Balaban J connectivity index is 1.13. The van der Waals surface area contributed by atoms with Crippen molar-refractivity contribution in [3.05, 3.63) is 82.6 Å². The van der Waals surface area contributed by atoms with Crippen molar-refractivity contribution in [2.45, 2.75) is 57.6 Å². The summed E-state index contributed by atoms with van der Waals surface area (Å²) in [4.78, 5) is 11.3. The minimum absolute atomic E-state index is 0.0507. The lowest BCUT2D eigenvalue weighted by Gasteiger charge is -2.53. The molecule has 5 aliphatic rings. The van der Waals surface area contributed by atoms with Gasteiger partial charge in [-0.25, -0.2) is 9.48 Å². The fraction of sp³-hybridized carbons (Fsp3) is 0.455. The molecule has 0 N–H and O–H groups in total. The monoisotopic (exact) mass is 508 g/mol. The highest BCUT2D eigenvalue weighted by Gasteiger charge is 2.47. The average Bonchev–Trinajstić information content (AvgIpc) is 3.35. The van der Waals surface area contributed by atoms with Crippen LogP contribution in [-0.4, -0.2) is 29.5 Å². The molecule has 1 atom stereocenters. The molecule has 5 heteroatoms. The molecule has 5 nitrogen and oxygen atoms in total. The fourth-order valence-corrected chi connectivity index (χ4v) is 8.02. The molecule has 0 spiro atoms. The molecule has 38 heavy (non-hydrogen) atoms. The number of ether oxygens (including phenoxy) is 2. The summed E-state index contributed by atoms with van der Waals surface area (Å²) >= 11 is 0. The third-order valence-electron chi connectivity index (χ3n) is 9.44. The maximum Gasteiger partial charge on any atom is 0.330 e. The van der Waals surface area contributed by atoms with E-state index in [2.05, 4.69) is 39.8 Å². The Morgan fingerprint density at radius 2 is 1.76 bits per heavy atom. The minimum Gasteiger partial charge on any atom is -0.466 e. The molecular formula is C33H36N2O3. The van der Waals surface area contributed by atoms with Crippen LogP contribution in [0.5, 0.6) is 0 Å². The topological polar surface area (TPSA) is 53.3 Å². The van der Waals surface area contributed by atoms with E-state index >= 15 is 0 Å². The van der Waals surface area contributed by atoms with E-state index in [9.17, 15) is 4.79 Å². The summed E-state index contributed by atoms with van der Waals surface area (Å²) in [6, 6.07) is 15.0. The highest BCUT2D eigenvalue weighted by atomic mass is 16.5. The number of rotatable bonds is 5. The number of carbonyl (C=O) groups is 1. The van der Waals surface area contributed by atoms with Gasteiger partial charge in [0.05, 0.1) is 18.8 Å². The lowest BCUT2D eigenvalue weighted by molar-refractivity contribution is -0.134. The number of carbonyl (C=O) groups excluding carboxylic acids is 1. The second-order valence-corrected chi connectivity index (χ2v) is 11.9. The van der Waals surface area contributed by atoms with Gasteiger partial charge in [0.25, 0.3) is 0 Å². The molecule has 196 valence electrons.